The van der Waals surface area contributed by atoms with Crippen LogP contribution in [0.3, 0.4) is 0 Å². The number of rotatable bonds is 2. The van der Waals surface area contributed by atoms with Crippen LogP contribution in [-0.4, -0.2) is 23.9 Å². The molecule has 98 valence electrons. The lowest BCUT2D eigenvalue weighted by atomic mass is 9.99. The lowest BCUT2D eigenvalue weighted by Gasteiger charge is -2.31. The van der Waals surface area contributed by atoms with E-state index in [1.807, 2.05) is 23.1 Å². The number of halogens is 2. The molecule has 1 heterocycles. The van der Waals surface area contributed by atoms with Crippen molar-refractivity contribution >= 4 is 33.4 Å². The van der Waals surface area contributed by atoms with Crippen LogP contribution in [0.2, 0.25) is 5.02 Å². The molecule has 18 heavy (non-hydrogen) atoms. The maximum atomic E-state index is 12.2. The second-order valence-electron chi connectivity index (χ2n) is 4.98. The quantitative estimate of drug-likeness (QED) is 0.805. The van der Waals surface area contributed by atoms with Gasteiger partial charge in [0.05, 0.1) is 11.4 Å². The molecule has 1 saturated heterocycles. The highest BCUT2D eigenvalue weighted by Crippen LogP contribution is 2.27. The fourth-order valence-electron chi connectivity index (χ4n) is 2.38. The Hall–Kier alpha value is -0.540. The molecule has 0 spiro atoms. The largest absolute Gasteiger partial charge is 0.342 e. The van der Waals surface area contributed by atoms with Crippen molar-refractivity contribution in [3.8, 4) is 0 Å². The number of likely N-dealkylation sites (tertiary alicyclic amines) is 1. The van der Waals surface area contributed by atoms with Crippen LogP contribution >= 0.6 is 27.5 Å². The normalized spacial score (nSPS) is 19.9. The molecule has 2 nitrogen and oxygen atoms in total. The maximum Gasteiger partial charge on any atom is 0.227 e. The summed E-state index contributed by atoms with van der Waals surface area (Å²) in [6, 6.07) is 5.65. The van der Waals surface area contributed by atoms with E-state index in [2.05, 4.69) is 22.9 Å². The minimum absolute atomic E-state index is 0.199. The van der Waals surface area contributed by atoms with Gasteiger partial charge in [-0.2, -0.15) is 0 Å². The van der Waals surface area contributed by atoms with Crippen molar-refractivity contribution in [2.75, 3.05) is 13.1 Å². The van der Waals surface area contributed by atoms with Crippen molar-refractivity contribution in [3.63, 3.8) is 0 Å². The summed E-state index contributed by atoms with van der Waals surface area (Å²) in [5.74, 6) is 0.815. The fraction of sp³-hybridized carbons (Fsp3) is 0.500. The summed E-state index contributed by atoms with van der Waals surface area (Å²) in [5, 5.41) is 0.660. The third-order valence-corrected chi connectivity index (χ3v) is 4.86. The van der Waals surface area contributed by atoms with E-state index in [9.17, 15) is 4.79 Å². The van der Waals surface area contributed by atoms with E-state index in [4.69, 9.17) is 11.6 Å². The first-order valence-corrected chi connectivity index (χ1v) is 7.45. The number of nitrogens with zero attached hydrogens (tertiary/aromatic N) is 1. The zero-order chi connectivity index (χ0) is 13.1. The van der Waals surface area contributed by atoms with Crippen molar-refractivity contribution in [1.82, 2.24) is 4.90 Å². The van der Waals surface area contributed by atoms with Gasteiger partial charge < -0.3 is 4.90 Å². The van der Waals surface area contributed by atoms with E-state index in [1.165, 1.54) is 6.42 Å². The van der Waals surface area contributed by atoms with Crippen molar-refractivity contribution < 1.29 is 4.79 Å². The Labute approximate surface area is 121 Å². The first-order chi connectivity index (χ1) is 8.58. The highest BCUT2D eigenvalue weighted by atomic mass is 79.9. The van der Waals surface area contributed by atoms with Crippen molar-refractivity contribution in [1.29, 1.82) is 0 Å². The highest BCUT2D eigenvalue weighted by molar-refractivity contribution is 9.10. The molecule has 0 N–H and O–H groups in total. The molecule has 1 atom stereocenters. The van der Waals surface area contributed by atoms with E-state index >= 15 is 0 Å². The molecule has 1 unspecified atom stereocenters. The minimum Gasteiger partial charge on any atom is -0.342 e. The van der Waals surface area contributed by atoms with E-state index < -0.39 is 0 Å². The zero-order valence-electron chi connectivity index (χ0n) is 10.5. The molecular formula is C14H17BrClNO. The van der Waals surface area contributed by atoms with E-state index in [-0.39, 0.29) is 5.91 Å². The van der Waals surface area contributed by atoms with Gasteiger partial charge in [-0.1, -0.05) is 30.7 Å². The molecule has 1 fully saturated rings. The van der Waals surface area contributed by atoms with Gasteiger partial charge in [-0.05, 0) is 46.3 Å². The number of benzene rings is 1. The van der Waals surface area contributed by atoms with Gasteiger partial charge in [0.15, 0.2) is 0 Å². The Balaban J connectivity index is 2.04. The lowest BCUT2D eigenvalue weighted by Crippen LogP contribution is -2.39. The highest BCUT2D eigenvalue weighted by Gasteiger charge is 2.21. The third kappa shape index (κ3) is 3.27. The molecule has 4 heteroatoms. The molecule has 2 rings (SSSR count). The van der Waals surface area contributed by atoms with Crippen LogP contribution in [0.4, 0.5) is 0 Å². The predicted octanol–water partition coefficient (Wildman–Crippen LogP) is 3.90. The van der Waals surface area contributed by atoms with Gasteiger partial charge in [0, 0.05) is 17.6 Å². The number of carbonyl (C=O) groups is 1. The molecule has 1 aliphatic heterocycles. The number of piperidine rings is 1. The summed E-state index contributed by atoms with van der Waals surface area (Å²) >= 11 is 9.48. The molecule has 0 bridgehead atoms. The third-order valence-electron chi connectivity index (χ3n) is 3.38. The molecule has 0 saturated carbocycles. The van der Waals surface area contributed by atoms with Crippen molar-refractivity contribution in [2.24, 2.45) is 5.92 Å². The first kappa shape index (κ1) is 13.9. The second-order valence-corrected chi connectivity index (χ2v) is 6.18. The molecule has 1 amide bonds. The van der Waals surface area contributed by atoms with Crippen molar-refractivity contribution in [2.45, 2.75) is 26.2 Å². The number of hydrogen-bond donors (Lipinski definition) is 0. The summed E-state index contributed by atoms with van der Waals surface area (Å²) in [6.45, 7) is 3.98. The standard InChI is InChI=1S/C14H17BrClNO/c1-10-4-3-7-17(9-10)13(18)8-11-5-2-6-12(16)14(11)15/h2,5-6,10H,3-4,7-9H2,1H3. The first-order valence-electron chi connectivity index (χ1n) is 6.28. The summed E-state index contributed by atoms with van der Waals surface area (Å²) in [4.78, 5) is 14.2. The van der Waals surface area contributed by atoms with Crippen LogP contribution in [0.5, 0.6) is 0 Å². The molecule has 0 aliphatic carbocycles. The average Bonchev–Trinajstić information content (AvgIpc) is 2.35. The van der Waals surface area contributed by atoms with Gasteiger partial charge in [-0.15, -0.1) is 0 Å². The number of carbonyl (C=O) groups excluding carboxylic acids is 1. The second kappa shape index (κ2) is 6.07. The minimum atomic E-state index is 0.199. The molecule has 1 aliphatic rings. The van der Waals surface area contributed by atoms with Crippen LogP contribution < -0.4 is 0 Å². The van der Waals surface area contributed by atoms with E-state index in [0.717, 1.165) is 29.5 Å². The van der Waals surface area contributed by atoms with E-state index in [0.29, 0.717) is 17.4 Å². The van der Waals surface area contributed by atoms with Crippen molar-refractivity contribution in [3.05, 3.63) is 33.3 Å². The summed E-state index contributed by atoms with van der Waals surface area (Å²) in [5.41, 5.74) is 0.964. The van der Waals surface area contributed by atoms with Gasteiger partial charge in [0.2, 0.25) is 5.91 Å². The summed E-state index contributed by atoms with van der Waals surface area (Å²) in [7, 11) is 0. The topological polar surface area (TPSA) is 20.3 Å². The smallest absolute Gasteiger partial charge is 0.227 e. The number of hydrogen-bond acceptors (Lipinski definition) is 1. The van der Waals surface area contributed by atoms with Gasteiger partial charge in [-0.3, -0.25) is 4.79 Å². The predicted molar refractivity (Wildman–Crippen MR) is 77.8 cm³/mol. The monoisotopic (exact) mass is 329 g/mol. The molecular weight excluding hydrogens is 314 g/mol. The van der Waals surface area contributed by atoms with Crippen LogP contribution in [0, 0.1) is 5.92 Å². The maximum absolute atomic E-state index is 12.2. The van der Waals surface area contributed by atoms with Crippen LogP contribution in [-0.2, 0) is 11.2 Å². The Morgan fingerprint density at radius 2 is 2.33 bits per heavy atom. The average molecular weight is 331 g/mol. The van der Waals surface area contributed by atoms with Gasteiger partial charge in [0.25, 0.3) is 0 Å². The molecule has 0 radical (unpaired) electrons. The van der Waals surface area contributed by atoms with Gasteiger partial charge >= 0.3 is 0 Å². The fourth-order valence-corrected chi connectivity index (χ4v) is 2.97. The SMILES string of the molecule is CC1CCCN(C(=O)Cc2cccc(Cl)c2Br)C1. The zero-order valence-corrected chi connectivity index (χ0v) is 12.8. The molecule has 0 aromatic heterocycles. The Morgan fingerprint density at radius 3 is 3.06 bits per heavy atom. The van der Waals surface area contributed by atoms with Crippen LogP contribution in [0.25, 0.3) is 0 Å². The summed E-state index contributed by atoms with van der Waals surface area (Å²) < 4.78 is 0.838. The Bertz CT molecular complexity index is 449. The van der Waals surface area contributed by atoms with Gasteiger partial charge in [-0.25, -0.2) is 0 Å². The summed E-state index contributed by atoms with van der Waals surface area (Å²) in [6.07, 6.45) is 2.77. The Morgan fingerprint density at radius 1 is 1.56 bits per heavy atom. The lowest BCUT2D eigenvalue weighted by molar-refractivity contribution is -0.132. The van der Waals surface area contributed by atoms with Crippen LogP contribution in [0.15, 0.2) is 22.7 Å². The Kier molecular flexibility index (Phi) is 4.68. The number of amides is 1. The van der Waals surface area contributed by atoms with E-state index in [1.54, 1.807) is 0 Å². The molecule has 1 aromatic rings. The van der Waals surface area contributed by atoms with Gasteiger partial charge in [0.1, 0.15) is 0 Å². The molecule has 1 aromatic carbocycles. The van der Waals surface area contributed by atoms with Crippen LogP contribution in [0.1, 0.15) is 25.3 Å².